The third kappa shape index (κ3) is 4.83. The molecule has 0 bridgehead atoms. The number of hydrogen-bond donors (Lipinski definition) is 1. The Bertz CT molecular complexity index is 906. The highest BCUT2D eigenvalue weighted by Crippen LogP contribution is 2.26. The van der Waals surface area contributed by atoms with E-state index in [-0.39, 0.29) is 0 Å². The number of aromatic nitrogens is 1. The van der Waals surface area contributed by atoms with E-state index in [1.807, 2.05) is 18.2 Å². The first-order valence-corrected chi connectivity index (χ1v) is 11.5. The van der Waals surface area contributed by atoms with Crippen LogP contribution in [-0.4, -0.2) is 59.8 Å². The molecule has 0 unspecified atom stereocenters. The first-order valence-electron chi connectivity index (χ1n) is 11.5. The van der Waals surface area contributed by atoms with E-state index in [4.69, 9.17) is 4.84 Å². The maximum Gasteiger partial charge on any atom is 0.430 e. The Hall–Kier alpha value is -2.64. The molecule has 1 saturated carbocycles. The minimum atomic E-state index is -0.456. The van der Waals surface area contributed by atoms with Gasteiger partial charge in [0.2, 0.25) is 0 Å². The second-order valence-corrected chi connectivity index (χ2v) is 8.75. The van der Waals surface area contributed by atoms with Gasteiger partial charge in [-0.3, -0.25) is 10.2 Å². The van der Waals surface area contributed by atoms with E-state index < -0.39 is 6.09 Å². The van der Waals surface area contributed by atoms with Crippen molar-refractivity contribution in [1.82, 2.24) is 14.9 Å². The summed E-state index contributed by atoms with van der Waals surface area (Å²) in [6.45, 7) is 5.45. The molecular weight excluding hydrogens is 390 g/mol. The number of nitrogens with zero attached hydrogens (tertiary/aromatic N) is 4. The SMILES string of the molecule is O=C(Nc1ccnc(N2CCN(C3CCCC3)CC2)c1)ON1CCc2ccccc2C1. The lowest BCUT2D eigenvalue weighted by Crippen LogP contribution is -2.50. The van der Waals surface area contributed by atoms with Gasteiger partial charge in [-0.05, 0) is 36.5 Å². The molecule has 0 spiro atoms. The summed E-state index contributed by atoms with van der Waals surface area (Å²) in [5.74, 6) is 0.913. The highest BCUT2D eigenvalue weighted by molar-refractivity contribution is 5.84. The molecule has 7 nitrogen and oxygen atoms in total. The van der Waals surface area contributed by atoms with E-state index >= 15 is 0 Å². The van der Waals surface area contributed by atoms with Crippen LogP contribution >= 0.6 is 0 Å². The topological polar surface area (TPSA) is 60.9 Å². The van der Waals surface area contributed by atoms with E-state index in [1.54, 1.807) is 11.3 Å². The summed E-state index contributed by atoms with van der Waals surface area (Å²) in [5.41, 5.74) is 3.25. The van der Waals surface area contributed by atoms with Crippen LogP contribution in [0.4, 0.5) is 16.3 Å². The molecule has 31 heavy (non-hydrogen) atoms. The maximum atomic E-state index is 12.5. The first kappa shape index (κ1) is 20.3. The molecule has 1 amide bonds. The number of nitrogens with one attached hydrogen (secondary N) is 1. The third-order valence-electron chi connectivity index (χ3n) is 6.78. The Morgan fingerprint density at radius 3 is 2.58 bits per heavy atom. The lowest BCUT2D eigenvalue weighted by Gasteiger charge is -2.38. The summed E-state index contributed by atoms with van der Waals surface area (Å²) in [6.07, 6.45) is 7.63. The Balaban J connectivity index is 1.14. The molecule has 2 aliphatic heterocycles. The highest BCUT2D eigenvalue weighted by Gasteiger charge is 2.26. The normalized spacial score (nSPS) is 20.5. The molecule has 7 heteroatoms. The van der Waals surface area contributed by atoms with Gasteiger partial charge in [-0.15, -0.1) is 5.06 Å². The summed E-state index contributed by atoms with van der Waals surface area (Å²) in [5, 5.41) is 4.59. The number of anilines is 2. The Kier molecular flexibility index (Phi) is 6.04. The largest absolute Gasteiger partial charge is 0.430 e. The fourth-order valence-electron chi connectivity index (χ4n) is 5.06. The van der Waals surface area contributed by atoms with Gasteiger partial charge >= 0.3 is 6.09 Å². The number of amides is 1. The average molecular weight is 422 g/mol. The van der Waals surface area contributed by atoms with Gasteiger partial charge in [0.25, 0.3) is 0 Å². The summed E-state index contributed by atoms with van der Waals surface area (Å²) >= 11 is 0. The molecular formula is C24H31N5O2. The van der Waals surface area contributed by atoms with E-state index in [1.165, 1.54) is 36.8 Å². The number of rotatable bonds is 4. The molecule has 1 aliphatic carbocycles. The van der Waals surface area contributed by atoms with E-state index in [0.29, 0.717) is 18.8 Å². The van der Waals surface area contributed by atoms with Gasteiger partial charge < -0.3 is 9.74 Å². The standard InChI is InChI=1S/C24H31N5O2/c30-24(31-29-12-10-19-5-1-2-6-20(19)18-29)26-21-9-11-25-23(17-21)28-15-13-27(14-16-28)22-7-3-4-8-22/h1-2,5-6,9,11,17,22H,3-4,7-8,10,12-16,18H2,(H,25,26,30). The zero-order valence-electron chi connectivity index (χ0n) is 18.0. The molecule has 1 aromatic heterocycles. The predicted molar refractivity (Wildman–Crippen MR) is 121 cm³/mol. The van der Waals surface area contributed by atoms with Crippen LogP contribution in [-0.2, 0) is 17.8 Å². The zero-order chi connectivity index (χ0) is 21.0. The van der Waals surface area contributed by atoms with Crippen LogP contribution in [0.1, 0.15) is 36.8 Å². The third-order valence-corrected chi connectivity index (χ3v) is 6.78. The van der Waals surface area contributed by atoms with E-state index in [9.17, 15) is 4.79 Å². The van der Waals surface area contributed by atoms with Crippen LogP contribution in [0.3, 0.4) is 0 Å². The molecule has 164 valence electrons. The average Bonchev–Trinajstić information content (AvgIpc) is 3.34. The molecule has 5 rings (SSSR count). The van der Waals surface area contributed by atoms with Crippen molar-refractivity contribution in [2.75, 3.05) is 42.9 Å². The van der Waals surface area contributed by atoms with Gasteiger partial charge in [-0.2, -0.15) is 0 Å². The van der Waals surface area contributed by atoms with Gasteiger partial charge in [0, 0.05) is 56.7 Å². The van der Waals surface area contributed by atoms with Crippen LogP contribution in [0.2, 0.25) is 0 Å². The quantitative estimate of drug-likeness (QED) is 0.813. The minimum absolute atomic E-state index is 0.456. The van der Waals surface area contributed by atoms with Crippen molar-refractivity contribution in [1.29, 1.82) is 0 Å². The van der Waals surface area contributed by atoms with Crippen LogP contribution in [0.25, 0.3) is 0 Å². The lowest BCUT2D eigenvalue weighted by molar-refractivity contribution is -0.105. The zero-order valence-corrected chi connectivity index (χ0v) is 18.0. The minimum Gasteiger partial charge on any atom is -0.354 e. The number of pyridine rings is 1. The van der Waals surface area contributed by atoms with Crippen LogP contribution in [0.5, 0.6) is 0 Å². The lowest BCUT2D eigenvalue weighted by atomic mass is 10.0. The molecule has 0 radical (unpaired) electrons. The summed E-state index contributed by atoms with van der Waals surface area (Å²) in [4.78, 5) is 27.5. The predicted octanol–water partition coefficient (Wildman–Crippen LogP) is 3.67. The van der Waals surface area contributed by atoms with Crippen molar-refractivity contribution >= 4 is 17.6 Å². The van der Waals surface area contributed by atoms with Gasteiger partial charge in [-0.25, -0.2) is 9.78 Å². The molecule has 1 saturated heterocycles. The van der Waals surface area contributed by atoms with Crippen molar-refractivity contribution in [2.45, 2.75) is 44.7 Å². The molecule has 1 N–H and O–H groups in total. The van der Waals surface area contributed by atoms with Crippen molar-refractivity contribution in [3.8, 4) is 0 Å². The van der Waals surface area contributed by atoms with Gasteiger partial charge in [-0.1, -0.05) is 37.1 Å². The number of benzene rings is 1. The first-order chi connectivity index (χ1) is 15.2. The Morgan fingerprint density at radius 2 is 1.77 bits per heavy atom. The second-order valence-electron chi connectivity index (χ2n) is 8.75. The van der Waals surface area contributed by atoms with Crippen molar-refractivity contribution in [3.05, 3.63) is 53.7 Å². The van der Waals surface area contributed by atoms with E-state index in [0.717, 1.165) is 44.5 Å². The van der Waals surface area contributed by atoms with Crippen LogP contribution < -0.4 is 10.2 Å². The maximum absolute atomic E-state index is 12.5. The summed E-state index contributed by atoms with van der Waals surface area (Å²) < 4.78 is 0. The molecule has 2 fully saturated rings. The number of fused-ring (bicyclic) bond motifs is 1. The van der Waals surface area contributed by atoms with Gasteiger partial charge in [0.05, 0.1) is 6.54 Å². The summed E-state index contributed by atoms with van der Waals surface area (Å²) in [6, 6.07) is 12.8. The van der Waals surface area contributed by atoms with Crippen molar-refractivity contribution < 1.29 is 9.63 Å². The number of hydrogen-bond acceptors (Lipinski definition) is 6. The second kappa shape index (κ2) is 9.24. The molecule has 3 aliphatic rings. The van der Waals surface area contributed by atoms with Gasteiger partial charge in [0.1, 0.15) is 5.82 Å². The highest BCUT2D eigenvalue weighted by atomic mass is 16.7. The number of hydroxylamine groups is 2. The Labute approximate surface area is 183 Å². The fourth-order valence-corrected chi connectivity index (χ4v) is 5.06. The van der Waals surface area contributed by atoms with Crippen LogP contribution in [0, 0.1) is 0 Å². The number of piperazine rings is 1. The molecule has 2 aromatic rings. The fraction of sp³-hybridized carbons (Fsp3) is 0.500. The molecule has 0 atom stereocenters. The van der Waals surface area contributed by atoms with Crippen LogP contribution in [0.15, 0.2) is 42.6 Å². The van der Waals surface area contributed by atoms with Crippen molar-refractivity contribution in [2.24, 2.45) is 0 Å². The monoisotopic (exact) mass is 421 g/mol. The molecule has 3 heterocycles. The van der Waals surface area contributed by atoms with Crippen molar-refractivity contribution in [3.63, 3.8) is 0 Å². The Morgan fingerprint density at radius 1 is 1.00 bits per heavy atom. The summed E-state index contributed by atoms with van der Waals surface area (Å²) in [7, 11) is 0. The molecule has 1 aromatic carbocycles. The van der Waals surface area contributed by atoms with E-state index in [2.05, 4.69) is 38.3 Å². The van der Waals surface area contributed by atoms with Gasteiger partial charge in [0.15, 0.2) is 0 Å². The smallest absolute Gasteiger partial charge is 0.354 e. The number of carbonyl (C=O) groups excluding carboxylic acids is 1. The number of carbonyl (C=O) groups is 1.